The van der Waals surface area contributed by atoms with E-state index in [0.29, 0.717) is 6.04 Å². The minimum atomic E-state index is 0.503. The Kier molecular flexibility index (Phi) is 5.81. The van der Waals surface area contributed by atoms with Crippen LogP contribution in [-0.4, -0.2) is 23.0 Å². The summed E-state index contributed by atoms with van der Waals surface area (Å²) in [5, 5.41) is 7.10. The van der Waals surface area contributed by atoms with E-state index in [-0.39, 0.29) is 0 Å². The molecule has 1 atom stereocenters. The van der Waals surface area contributed by atoms with Crippen molar-refractivity contribution in [3.63, 3.8) is 0 Å². The van der Waals surface area contributed by atoms with E-state index >= 15 is 0 Å². The van der Waals surface area contributed by atoms with Crippen molar-refractivity contribution in [3.05, 3.63) is 16.1 Å². The Hall–Kier alpha value is -0.0600. The SMILES string of the molecule is CCCCCCc1csc(C2CSCCN2)n1. The van der Waals surface area contributed by atoms with Gasteiger partial charge in [0.25, 0.3) is 0 Å². The fourth-order valence-electron chi connectivity index (χ4n) is 2.05. The number of nitrogens with one attached hydrogen (secondary N) is 1. The third-order valence-corrected chi connectivity index (χ3v) is 5.14. The molecule has 96 valence electrons. The highest BCUT2D eigenvalue weighted by molar-refractivity contribution is 7.99. The van der Waals surface area contributed by atoms with Gasteiger partial charge < -0.3 is 5.32 Å². The molecule has 1 saturated heterocycles. The standard InChI is InChI=1S/C13H22N2S2/c1-2-3-4-5-6-11-9-17-13(15-11)12-10-16-8-7-14-12/h9,12,14H,2-8,10H2,1H3. The molecule has 1 N–H and O–H groups in total. The minimum absolute atomic E-state index is 0.503. The summed E-state index contributed by atoms with van der Waals surface area (Å²) in [6, 6.07) is 0.503. The molecule has 2 rings (SSSR count). The van der Waals surface area contributed by atoms with Gasteiger partial charge in [0.15, 0.2) is 0 Å². The van der Waals surface area contributed by atoms with Crippen LogP contribution in [0.4, 0.5) is 0 Å². The van der Waals surface area contributed by atoms with Gasteiger partial charge in [-0.05, 0) is 12.8 Å². The van der Waals surface area contributed by atoms with Crippen LogP contribution < -0.4 is 5.32 Å². The lowest BCUT2D eigenvalue weighted by molar-refractivity contribution is 0.588. The Morgan fingerprint density at radius 3 is 3.12 bits per heavy atom. The maximum atomic E-state index is 4.77. The molecule has 1 fully saturated rings. The van der Waals surface area contributed by atoms with Gasteiger partial charge in [-0.3, -0.25) is 0 Å². The summed E-state index contributed by atoms with van der Waals surface area (Å²) in [5.41, 5.74) is 1.30. The molecule has 17 heavy (non-hydrogen) atoms. The van der Waals surface area contributed by atoms with Crippen LogP contribution in [0, 0.1) is 0 Å². The topological polar surface area (TPSA) is 24.9 Å². The van der Waals surface area contributed by atoms with E-state index in [9.17, 15) is 0 Å². The van der Waals surface area contributed by atoms with Gasteiger partial charge >= 0.3 is 0 Å². The summed E-state index contributed by atoms with van der Waals surface area (Å²) in [4.78, 5) is 4.77. The molecule has 0 spiro atoms. The number of hydrogen-bond donors (Lipinski definition) is 1. The molecule has 0 aromatic carbocycles. The van der Waals surface area contributed by atoms with E-state index in [1.165, 1.54) is 47.9 Å². The largest absolute Gasteiger partial charge is 0.306 e. The maximum Gasteiger partial charge on any atom is 0.111 e. The summed E-state index contributed by atoms with van der Waals surface area (Å²) in [6.07, 6.45) is 6.48. The van der Waals surface area contributed by atoms with Crippen LogP contribution >= 0.6 is 23.1 Å². The smallest absolute Gasteiger partial charge is 0.111 e. The van der Waals surface area contributed by atoms with Crippen LogP contribution in [-0.2, 0) is 6.42 Å². The molecule has 0 saturated carbocycles. The van der Waals surface area contributed by atoms with E-state index in [4.69, 9.17) is 4.98 Å². The van der Waals surface area contributed by atoms with Crippen molar-refractivity contribution in [2.45, 2.75) is 45.1 Å². The van der Waals surface area contributed by atoms with E-state index in [1.807, 2.05) is 23.1 Å². The first-order chi connectivity index (χ1) is 8.40. The predicted octanol–water partition coefficient (Wildman–Crippen LogP) is 3.64. The predicted molar refractivity (Wildman–Crippen MR) is 78.0 cm³/mol. The van der Waals surface area contributed by atoms with Crippen molar-refractivity contribution in [3.8, 4) is 0 Å². The van der Waals surface area contributed by atoms with Gasteiger partial charge in [-0.1, -0.05) is 26.2 Å². The molecule has 0 radical (unpaired) electrons. The number of rotatable bonds is 6. The van der Waals surface area contributed by atoms with Gasteiger partial charge in [-0.15, -0.1) is 11.3 Å². The Labute approximate surface area is 113 Å². The summed E-state index contributed by atoms with van der Waals surface area (Å²) < 4.78 is 0. The first-order valence-electron chi connectivity index (χ1n) is 6.65. The highest BCUT2D eigenvalue weighted by Crippen LogP contribution is 2.25. The van der Waals surface area contributed by atoms with Crippen molar-refractivity contribution in [2.24, 2.45) is 0 Å². The van der Waals surface area contributed by atoms with E-state index in [0.717, 1.165) is 13.0 Å². The van der Waals surface area contributed by atoms with E-state index < -0.39 is 0 Å². The van der Waals surface area contributed by atoms with Crippen LogP contribution in [0.25, 0.3) is 0 Å². The number of aryl methyl sites for hydroxylation is 1. The second kappa shape index (κ2) is 7.39. The average Bonchev–Trinajstić information content (AvgIpc) is 2.85. The molecule has 1 unspecified atom stereocenters. The summed E-state index contributed by atoms with van der Waals surface area (Å²) in [5.74, 6) is 2.43. The molecule has 0 bridgehead atoms. The van der Waals surface area contributed by atoms with Gasteiger partial charge in [0, 0.05) is 23.4 Å². The number of thiazole rings is 1. The molecule has 1 aliphatic heterocycles. The van der Waals surface area contributed by atoms with Crippen molar-refractivity contribution in [1.82, 2.24) is 10.3 Å². The Balaban J connectivity index is 1.78. The minimum Gasteiger partial charge on any atom is -0.306 e. The lowest BCUT2D eigenvalue weighted by atomic mass is 10.1. The zero-order valence-electron chi connectivity index (χ0n) is 10.6. The molecule has 2 nitrogen and oxygen atoms in total. The molecule has 1 aromatic heterocycles. The van der Waals surface area contributed by atoms with Crippen LogP contribution in [0.3, 0.4) is 0 Å². The second-order valence-electron chi connectivity index (χ2n) is 4.57. The zero-order chi connectivity index (χ0) is 11.9. The van der Waals surface area contributed by atoms with Crippen molar-refractivity contribution in [1.29, 1.82) is 0 Å². The first kappa shape index (κ1) is 13.4. The quantitative estimate of drug-likeness (QED) is 0.799. The van der Waals surface area contributed by atoms with Crippen LogP contribution in [0.1, 0.15) is 49.4 Å². The van der Waals surface area contributed by atoms with Crippen LogP contribution in [0.15, 0.2) is 5.38 Å². The third-order valence-electron chi connectivity index (χ3n) is 3.08. The van der Waals surface area contributed by atoms with Crippen molar-refractivity contribution in [2.75, 3.05) is 18.1 Å². The maximum absolute atomic E-state index is 4.77. The number of aromatic nitrogens is 1. The Morgan fingerprint density at radius 1 is 1.41 bits per heavy atom. The lowest BCUT2D eigenvalue weighted by Gasteiger charge is -2.20. The second-order valence-corrected chi connectivity index (χ2v) is 6.61. The Bertz CT molecular complexity index is 319. The number of nitrogens with zero attached hydrogens (tertiary/aromatic N) is 1. The summed E-state index contributed by atoms with van der Waals surface area (Å²) in [7, 11) is 0. The summed E-state index contributed by atoms with van der Waals surface area (Å²) in [6.45, 7) is 3.38. The molecular formula is C13H22N2S2. The van der Waals surface area contributed by atoms with Gasteiger partial charge in [-0.25, -0.2) is 4.98 Å². The van der Waals surface area contributed by atoms with E-state index in [1.54, 1.807) is 0 Å². The summed E-state index contributed by atoms with van der Waals surface area (Å²) >= 11 is 3.87. The van der Waals surface area contributed by atoms with Crippen molar-refractivity contribution < 1.29 is 0 Å². The lowest BCUT2D eigenvalue weighted by Crippen LogP contribution is -2.30. The normalized spacial score (nSPS) is 20.6. The van der Waals surface area contributed by atoms with Crippen molar-refractivity contribution >= 4 is 23.1 Å². The van der Waals surface area contributed by atoms with Gasteiger partial charge in [0.05, 0.1) is 11.7 Å². The fraction of sp³-hybridized carbons (Fsp3) is 0.769. The van der Waals surface area contributed by atoms with E-state index in [2.05, 4.69) is 17.6 Å². The first-order valence-corrected chi connectivity index (χ1v) is 8.69. The molecule has 4 heteroatoms. The molecule has 0 amide bonds. The number of thioether (sulfide) groups is 1. The van der Waals surface area contributed by atoms with Crippen LogP contribution in [0.2, 0.25) is 0 Å². The van der Waals surface area contributed by atoms with Gasteiger partial charge in [0.1, 0.15) is 5.01 Å². The van der Waals surface area contributed by atoms with Gasteiger partial charge in [0.2, 0.25) is 0 Å². The Morgan fingerprint density at radius 2 is 2.35 bits per heavy atom. The number of unbranched alkanes of at least 4 members (excludes halogenated alkanes) is 3. The monoisotopic (exact) mass is 270 g/mol. The number of hydrogen-bond acceptors (Lipinski definition) is 4. The fourth-order valence-corrected chi connectivity index (χ4v) is 4.03. The van der Waals surface area contributed by atoms with Crippen LogP contribution in [0.5, 0.6) is 0 Å². The molecule has 0 aliphatic carbocycles. The average molecular weight is 270 g/mol. The molecule has 2 heterocycles. The molecule has 1 aliphatic rings. The van der Waals surface area contributed by atoms with Gasteiger partial charge in [-0.2, -0.15) is 11.8 Å². The third kappa shape index (κ3) is 4.27. The molecule has 1 aromatic rings. The highest BCUT2D eigenvalue weighted by Gasteiger charge is 2.18. The highest BCUT2D eigenvalue weighted by atomic mass is 32.2. The molecular weight excluding hydrogens is 248 g/mol. The zero-order valence-corrected chi connectivity index (χ0v) is 12.2.